The standard InChI is InChI=1S/C17H22N2/c1-3-19(16-10-5-4-6-11-16)14(2)13-15-9-7-8-12-17(15)18/h4-12,14H,3,13,18H2,1-2H3. The van der Waals surface area contributed by atoms with E-state index in [0.717, 1.165) is 18.7 Å². The molecule has 2 nitrogen and oxygen atoms in total. The zero-order chi connectivity index (χ0) is 13.7. The molecule has 0 saturated carbocycles. The van der Waals surface area contributed by atoms with Gasteiger partial charge in [0.2, 0.25) is 0 Å². The quantitative estimate of drug-likeness (QED) is 0.824. The van der Waals surface area contributed by atoms with Crippen LogP contribution < -0.4 is 10.6 Å². The molecule has 0 fully saturated rings. The molecule has 19 heavy (non-hydrogen) atoms. The van der Waals surface area contributed by atoms with Crippen molar-refractivity contribution in [2.75, 3.05) is 17.2 Å². The summed E-state index contributed by atoms with van der Waals surface area (Å²) in [5.74, 6) is 0. The molecule has 0 aliphatic rings. The van der Waals surface area contributed by atoms with Gasteiger partial charge in [-0.05, 0) is 44.0 Å². The Bertz CT molecular complexity index is 508. The second kappa shape index (κ2) is 6.28. The predicted molar refractivity (Wildman–Crippen MR) is 83.5 cm³/mol. The Labute approximate surface area is 115 Å². The number of anilines is 2. The van der Waals surface area contributed by atoms with Gasteiger partial charge in [0.25, 0.3) is 0 Å². The number of hydrogen-bond acceptors (Lipinski definition) is 2. The Morgan fingerprint density at radius 3 is 2.26 bits per heavy atom. The number of benzene rings is 2. The maximum atomic E-state index is 6.03. The molecule has 0 bridgehead atoms. The van der Waals surface area contributed by atoms with E-state index in [1.54, 1.807) is 0 Å². The fourth-order valence-corrected chi connectivity index (χ4v) is 2.52. The Balaban J connectivity index is 2.14. The monoisotopic (exact) mass is 254 g/mol. The van der Waals surface area contributed by atoms with Crippen LogP contribution in [-0.4, -0.2) is 12.6 Å². The highest BCUT2D eigenvalue weighted by molar-refractivity contribution is 5.50. The van der Waals surface area contributed by atoms with Crippen LogP contribution >= 0.6 is 0 Å². The van der Waals surface area contributed by atoms with Crippen molar-refractivity contribution < 1.29 is 0 Å². The van der Waals surface area contributed by atoms with Crippen LogP contribution in [0.15, 0.2) is 54.6 Å². The van der Waals surface area contributed by atoms with Gasteiger partial charge in [0, 0.05) is 24.0 Å². The number of para-hydroxylation sites is 2. The lowest BCUT2D eigenvalue weighted by molar-refractivity contribution is 0.646. The second-order valence-corrected chi connectivity index (χ2v) is 4.87. The second-order valence-electron chi connectivity index (χ2n) is 4.87. The van der Waals surface area contributed by atoms with Crippen LogP contribution in [0.25, 0.3) is 0 Å². The smallest absolute Gasteiger partial charge is 0.0368 e. The summed E-state index contributed by atoms with van der Waals surface area (Å²) in [6.45, 7) is 5.44. The molecule has 0 saturated heterocycles. The Kier molecular flexibility index (Phi) is 4.45. The predicted octanol–water partition coefficient (Wildman–Crippen LogP) is 3.73. The number of nitrogens with zero attached hydrogens (tertiary/aromatic N) is 1. The van der Waals surface area contributed by atoms with Gasteiger partial charge in [0.05, 0.1) is 0 Å². The minimum Gasteiger partial charge on any atom is -0.399 e. The number of likely N-dealkylation sites (N-methyl/N-ethyl adjacent to an activating group) is 1. The maximum absolute atomic E-state index is 6.03. The summed E-state index contributed by atoms with van der Waals surface area (Å²) >= 11 is 0. The molecule has 0 radical (unpaired) electrons. The van der Waals surface area contributed by atoms with Crippen molar-refractivity contribution in [3.05, 3.63) is 60.2 Å². The van der Waals surface area contributed by atoms with E-state index in [0.29, 0.717) is 6.04 Å². The summed E-state index contributed by atoms with van der Waals surface area (Å²) in [7, 11) is 0. The third-order valence-electron chi connectivity index (χ3n) is 3.53. The van der Waals surface area contributed by atoms with Gasteiger partial charge in [0.1, 0.15) is 0 Å². The lowest BCUT2D eigenvalue weighted by Crippen LogP contribution is -2.34. The van der Waals surface area contributed by atoms with E-state index in [4.69, 9.17) is 5.73 Å². The lowest BCUT2D eigenvalue weighted by atomic mass is 10.0. The van der Waals surface area contributed by atoms with Crippen LogP contribution in [-0.2, 0) is 6.42 Å². The zero-order valence-electron chi connectivity index (χ0n) is 11.7. The summed E-state index contributed by atoms with van der Waals surface area (Å²) in [6.07, 6.45) is 0.968. The van der Waals surface area contributed by atoms with Crippen molar-refractivity contribution in [2.24, 2.45) is 0 Å². The molecule has 0 spiro atoms. The van der Waals surface area contributed by atoms with E-state index in [9.17, 15) is 0 Å². The molecule has 0 heterocycles. The molecule has 1 atom stereocenters. The summed E-state index contributed by atoms with van der Waals surface area (Å²) < 4.78 is 0. The highest BCUT2D eigenvalue weighted by Crippen LogP contribution is 2.20. The minimum atomic E-state index is 0.428. The van der Waals surface area contributed by atoms with Crippen molar-refractivity contribution in [1.29, 1.82) is 0 Å². The Hall–Kier alpha value is -1.96. The minimum absolute atomic E-state index is 0.428. The van der Waals surface area contributed by atoms with E-state index < -0.39 is 0 Å². The van der Waals surface area contributed by atoms with E-state index in [2.05, 4.69) is 61.2 Å². The molecule has 2 aromatic rings. The molecule has 2 N–H and O–H groups in total. The molecule has 2 aromatic carbocycles. The molecule has 2 rings (SSSR count). The van der Waals surface area contributed by atoms with Gasteiger partial charge in [-0.3, -0.25) is 0 Å². The molecular formula is C17H22N2. The molecule has 1 unspecified atom stereocenters. The summed E-state index contributed by atoms with van der Waals surface area (Å²) in [6, 6.07) is 19.1. The third kappa shape index (κ3) is 3.28. The molecule has 0 aliphatic heterocycles. The number of nitrogen functional groups attached to an aromatic ring is 1. The average molecular weight is 254 g/mol. The summed E-state index contributed by atoms with van der Waals surface area (Å²) in [5.41, 5.74) is 9.41. The average Bonchev–Trinajstić information content (AvgIpc) is 2.43. The van der Waals surface area contributed by atoms with Gasteiger partial charge in [-0.1, -0.05) is 36.4 Å². The first kappa shape index (κ1) is 13.5. The van der Waals surface area contributed by atoms with Crippen molar-refractivity contribution in [1.82, 2.24) is 0 Å². The van der Waals surface area contributed by atoms with Crippen LogP contribution in [0.3, 0.4) is 0 Å². The van der Waals surface area contributed by atoms with Crippen molar-refractivity contribution in [2.45, 2.75) is 26.3 Å². The SMILES string of the molecule is CCN(c1ccccc1)C(C)Cc1ccccc1N. The molecule has 2 heteroatoms. The van der Waals surface area contributed by atoms with E-state index in [1.807, 2.05) is 12.1 Å². The topological polar surface area (TPSA) is 29.3 Å². The molecule has 0 aliphatic carbocycles. The molecule has 0 amide bonds. The van der Waals surface area contributed by atoms with Gasteiger partial charge in [-0.25, -0.2) is 0 Å². The largest absolute Gasteiger partial charge is 0.399 e. The Morgan fingerprint density at radius 2 is 1.63 bits per heavy atom. The summed E-state index contributed by atoms with van der Waals surface area (Å²) in [4.78, 5) is 2.41. The normalized spacial score (nSPS) is 12.1. The van der Waals surface area contributed by atoms with E-state index >= 15 is 0 Å². The highest BCUT2D eigenvalue weighted by Gasteiger charge is 2.14. The first-order chi connectivity index (χ1) is 9.22. The number of nitrogens with two attached hydrogens (primary N) is 1. The maximum Gasteiger partial charge on any atom is 0.0368 e. The van der Waals surface area contributed by atoms with Gasteiger partial charge >= 0.3 is 0 Å². The van der Waals surface area contributed by atoms with Gasteiger partial charge in [-0.15, -0.1) is 0 Å². The molecule has 100 valence electrons. The van der Waals surface area contributed by atoms with Crippen molar-refractivity contribution in [3.8, 4) is 0 Å². The van der Waals surface area contributed by atoms with Crippen LogP contribution in [0.5, 0.6) is 0 Å². The Morgan fingerprint density at radius 1 is 1.00 bits per heavy atom. The van der Waals surface area contributed by atoms with Crippen LogP contribution in [0, 0.1) is 0 Å². The van der Waals surface area contributed by atoms with Crippen molar-refractivity contribution >= 4 is 11.4 Å². The zero-order valence-corrected chi connectivity index (χ0v) is 11.7. The van der Waals surface area contributed by atoms with Gasteiger partial charge in [-0.2, -0.15) is 0 Å². The number of hydrogen-bond donors (Lipinski definition) is 1. The first-order valence-corrected chi connectivity index (χ1v) is 6.87. The fraction of sp³-hybridized carbons (Fsp3) is 0.294. The third-order valence-corrected chi connectivity index (χ3v) is 3.53. The highest BCUT2D eigenvalue weighted by atomic mass is 15.1. The van der Waals surface area contributed by atoms with Crippen LogP contribution in [0.4, 0.5) is 11.4 Å². The lowest BCUT2D eigenvalue weighted by Gasteiger charge is -2.30. The first-order valence-electron chi connectivity index (χ1n) is 6.87. The van der Waals surface area contributed by atoms with E-state index in [-0.39, 0.29) is 0 Å². The van der Waals surface area contributed by atoms with Crippen LogP contribution in [0.1, 0.15) is 19.4 Å². The van der Waals surface area contributed by atoms with Gasteiger partial charge < -0.3 is 10.6 Å². The molecule has 0 aromatic heterocycles. The summed E-state index contributed by atoms with van der Waals surface area (Å²) in [5, 5.41) is 0. The molecular weight excluding hydrogens is 232 g/mol. The number of rotatable bonds is 5. The van der Waals surface area contributed by atoms with Crippen LogP contribution in [0.2, 0.25) is 0 Å². The van der Waals surface area contributed by atoms with Gasteiger partial charge in [0.15, 0.2) is 0 Å². The van der Waals surface area contributed by atoms with E-state index in [1.165, 1.54) is 11.3 Å². The van der Waals surface area contributed by atoms with Crippen molar-refractivity contribution in [3.63, 3.8) is 0 Å². The fourth-order valence-electron chi connectivity index (χ4n) is 2.52.